The van der Waals surface area contributed by atoms with E-state index in [1.54, 1.807) is 7.11 Å². The molecule has 0 atom stereocenters. The van der Waals surface area contributed by atoms with E-state index in [-0.39, 0.29) is 12.4 Å². The van der Waals surface area contributed by atoms with Gasteiger partial charge in [0.05, 0.1) is 19.5 Å². The van der Waals surface area contributed by atoms with Gasteiger partial charge in [-0.3, -0.25) is 0 Å². The van der Waals surface area contributed by atoms with Crippen LogP contribution in [0.1, 0.15) is 12.0 Å². The van der Waals surface area contributed by atoms with Crippen molar-refractivity contribution in [1.82, 2.24) is 4.72 Å². The number of aryl methyl sites for hydroxylation is 1. The second-order valence-electron chi connectivity index (χ2n) is 4.16. The molecule has 1 rings (SSSR count). The molecule has 108 valence electrons. The highest BCUT2D eigenvalue weighted by atomic mass is 32.2. The highest BCUT2D eigenvalue weighted by Gasteiger charge is 2.08. The van der Waals surface area contributed by atoms with Gasteiger partial charge < -0.3 is 9.47 Å². The first-order valence-corrected chi connectivity index (χ1v) is 7.82. The fourth-order valence-corrected chi connectivity index (χ4v) is 2.56. The summed E-state index contributed by atoms with van der Waals surface area (Å²) in [6.45, 7) is 0.659. The van der Waals surface area contributed by atoms with Gasteiger partial charge in [0, 0.05) is 13.7 Å². The van der Waals surface area contributed by atoms with E-state index in [0.717, 1.165) is 24.2 Å². The number of ether oxygens (including phenoxy) is 2. The van der Waals surface area contributed by atoms with Crippen LogP contribution in [0.4, 0.5) is 0 Å². The molecule has 0 bridgehead atoms. The third-order valence-corrected chi connectivity index (χ3v) is 4.03. The molecule has 0 aliphatic heterocycles. The third-order valence-electron chi connectivity index (χ3n) is 2.68. The third kappa shape index (κ3) is 6.56. The Balaban J connectivity index is 2.26. The smallest absolute Gasteiger partial charge is 0.213 e. The van der Waals surface area contributed by atoms with Crippen LogP contribution in [0.2, 0.25) is 0 Å². The molecule has 1 N–H and O–H groups in total. The lowest BCUT2D eigenvalue weighted by Crippen LogP contribution is -2.29. The predicted molar refractivity (Wildman–Crippen MR) is 75.0 cm³/mol. The lowest BCUT2D eigenvalue weighted by molar-refractivity contribution is 0.217. The van der Waals surface area contributed by atoms with Crippen LogP contribution < -0.4 is 9.46 Å². The summed E-state index contributed by atoms with van der Waals surface area (Å²) in [5.41, 5.74) is 1.16. The lowest BCUT2D eigenvalue weighted by atomic mass is 10.1. The highest BCUT2D eigenvalue weighted by molar-refractivity contribution is 7.89. The van der Waals surface area contributed by atoms with E-state index < -0.39 is 10.0 Å². The van der Waals surface area contributed by atoms with Crippen LogP contribution in [0.3, 0.4) is 0 Å². The average molecular weight is 287 g/mol. The van der Waals surface area contributed by atoms with Crippen molar-refractivity contribution >= 4 is 10.0 Å². The number of methoxy groups -OCH3 is 2. The van der Waals surface area contributed by atoms with Crippen molar-refractivity contribution in [2.24, 2.45) is 0 Å². The van der Waals surface area contributed by atoms with Crippen molar-refractivity contribution in [2.75, 3.05) is 33.1 Å². The van der Waals surface area contributed by atoms with E-state index in [2.05, 4.69) is 4.72 Å². The molecule has 0 fully saturated rings. The lowest BCUT2D eigenvalue weighted by Gasteiger charge is -2.06. The van der Waals surface area contributed by atoms with Gasteiger partial charge in [-0.15, -0.1) is 0 Å². The number of hydrogen-bond acceptors (Lipinski definition) is 4. The monoisotopic (exact) mass is 287 g/mol. The molecule has 0 saturated heterocycles. The first-order valence-electron chi connectivity index (χ1n) is 6.16. The van der Waals surface area contributed by atoms with Gasteiger partial charge in [-0.1, -0.05) is 12.1 Å². The summed E-state index contributed by atoms with van der Waals surface area (Å²) in [5, 5.41) is 0. The zero-order valence-electron chi connectivity index (χ0n) is 11.4. The Bertz CT molecular complexity index is 456. The van der Waals surface area contributed by atoms with Crippen molar-refractivity contribution in [1.29, 1.82) is 0 Å². The van der Waals surface area contributed by atoms with Crippen LogP contribution in [-0.4, -0.2) is 41.5 Å². The summed E-state index contributed by atoms with van der Waals surface area (Å²) in [5.74, 6) is 0.829. The molecular formula is C13H21NO4S. The number of benzene rings is 1. The quantitative estimate of drug-likeness (QED) is 0.693. The SMILES string of the molecule is COCCS(=O)(=O)NCCCc1ccc(OC)cc1. The standard InChI is InChI=1S/C13H21NO4S/c1-17-10-11-19(15,16)14-9-3-4-12-5-7-13(18-2)8-6-12/h5-8,14H,3-4,9-11H2,1-2H3. The Labute approximate surface area is 115 Å². The summed E-state index contributed by atoms with van der Waals surface area (Å²) in [6, 6.07) is 7.77. The molecule has 0 aromatic heterocycles. The first-order chi connectivity index (χ1) is 9.07. The van der Waals surface area contributed by atoms with E-state index in [1.165, 1.54) is 7.11 Å². The average Bonchev–Trinajstić information content (AvgIpc) is 2.42. The van der Waals surface area contributed by atoms with E-state index >= 15 is 0 Å². The van der Waals surface area contributed by atoms with Gasteiger partial charge in [0.15, 0.2) is 0 Å². The molecule has 0 heterocycles. The number of rotatable bonds is 9. The second-order valence-corrected chi connectivity index (χ2v) is 6.08. The maximum Gasteiger partial charge on any atom is 0.213 e. The van der Waals surface area contributed by atoms with Gasteiger partial charge in [-0.25, -0.2) is 13.1 Å². The van der Waals surface area contributed by atoms with E-state index in [4.69, 9.17) is 9.47 Å². The van der Waals surface area contributed by atoms with Crippen LogP contribution >= 0.6 is 0 Å². The Hall–Kier alpha value is -1.11. The Morgan fingerprint density at radius 1 is 1.16 bits per heavy atom. The second kappa shape index (κ2) is 8.14. The van der Waals surface area contributed by atoms with Gasteiger partial charge in [-0.05, 0) is 30.5 Å². The maximum absolute atomic E-state index is 11.5. The van der Waals surface area contributed by atoms with E-state index in [0.29, 0.717) is 6.54 Å². The van der Waals surface area contributed by atoms with Crippen LogP contribution in [0.5, 0.6) is 5.75 Å². The Morgan fingerprint density at radius 2 is 1.84 bits per heavy atom. The maximum atomic E-state index is 11.5. The van der Waals surface area contributed by atoms with Crippen LogP contribution in [0.15, 0.2) is 24.3 Å². The summed E-state index contributed by atoms with van der Waals surface area (Å²) in [6.07, 6.45) is 1.59. The van der Waals surface area contributed by atoms with Crippen molar-refractivity contribution in [3.63, 3.8) is 0 Å². The van der Waals surface area contributed by atoms with Gasteiger partial charge in [-0.2, -0.15) is 0 Å². The number of sulfonamides is 1. The first kappa shape index (κ1) is 15.9. The minimum Gasteiger partial charge on any atom is -0.497 e. The summed E-state index contributed by atoms with van der Waals surface area (Å²) in [7, 11) is -0.0897. The van der Waals surface area contributed by atoms with Crippen LogP contribution in [0, 0.1) is 0 Å². The molecule has 1 aromatic carbocycles. The minimum absolute atomic E-state index is 0.00599. The fourth-order valence-electron chi connectivity index (χ4n) is 1.58. The molecule has 5 nitrogen and oxygen atoms in total. The molecule has 0 spiro atoms. The molecule has 1 aromatic rings. The molecule has 0 aliphatic rings. The highest BCUT2D eigenvalue weighted by Crippen LogP contribution is 2.12. The fraction of sp³-hybridized carbons (Fsp3) is 0.538. The normalized spacial score (nSPS) is 11.5. The Kier molecular flexibility index (Phi) is 6.83. The molecular weight excluding hydrogens is 266 g/mol. The molecule has 0 radical (unpaired) electrons. The summed E-state index contributed by atoms with van der Waals surface area (Å²) >= 11 is 0. The van der Waals surface area contributed by atoms with Gasteiger partial charge in [0.25, 0.3) is 0 Å². The minimum atomic E-state index is -3.20. The summed E-state index contributed by atoms with van der Waals surface area (Å²) in [4.78, 5) is 0. The largest absolute Gasteiger partial charge is 0.497 e. The van der Waals surface area contributed by atoms with Crippen molar-refractivity contribution < 1.29 is 17.9 Å². The molecule has 19 heavy (non-hydrogen) atoms. The molecule has 0 aliphatic carbocycles. The van der Waals surface area contributed by atoms with E-state index in [9.17, 15) is 8.42 Å². The molecule has 0 unspecified atom stereocenters. The van der Waals surface area contributed by atoms with Crippen molar-refractivity contribution in [3.05, 3.63) is 29.8 Å². The van der Waals surface area contributed by atoms with Gasteiger partial charge in [0.1, 0.15) is 5.75 Å². The van der Waals surface area contributed by atoms with Crippen molar-refractivity contribution in [2.45, 2.75) is 12.8 Å². The topological polar surface area (TPSA) is 64.6 Å². The zero-order valence-corrected chi connectivity index (χ0v) is 12.2. The van der Waals surface area contributed by atoms with E-state index in [1.807, 2.05) is 24.3 Å². The number of nitrogens with one attached hydrogen (secondary N) is 1. The van der Waals surface area contributed by atoms with Crippen LogP contribution in [-0.2, 0) is 21.2 Å². The van der Waals surface area contributed by atoms with Gasteiger partial charge >= 0.3 is 0 Å². The van der Waals surface area contributed by atoms with Crippen LogP contribution in [0.25, 0.3) is 0 Å². The zero-order chi connectivity index (χ0) is 14.1. The molecule has 6 heteroatoms. The number of hydrogen-bond donors (Lipinski definition) is 1. The molecule has 0 amide bonds. The summed E-state index contributed by atoms with van der Waals surface area (Å²) < 4.78 is 35.3. The van der Waals surface area contributed by atoms with Gasteiger partial charge in [0.2, 0.25) is 10.0 Å². The predicted octanol–water partition coefficient (Wildman–Crippen LogP) is 1.19. The Morgan fingerprint density at radius 3 is 2.42 bits per heavy atom. The molecule has 0 saturated carbocycles. The van der Waals surface area contributed by atoms with Crippen molar-refractivity contribution in [3.8, 4) is 5.75 Å².